The highest BCUT2D eigenvalue weighted by molar-refractivity contribution is 7.90. The van der Waals surface area contributed by atoms with Gasteiger partial charge in [0.25, 0.3) is 0 Å². The summed E-state index contributed by atoms with van der Waals surface area (Å²) in [6.45, 7) is 29.8. The Balaban J connectivity index is 7.12. The Morgan fingerprint density at radius 2 is 0.903 bits per heavy atom. The standard InChI is InChI=1S/C65H117N11O16S/c1-27-29-30-40(13)54(92-45(18)77)53(58(81)69-46(28-2)65(88)89)76(25)64(87)51(39(11)12)74(23)62(85)49(33-37(7)8)73(22)61(84)48(32-36(5)6)72(21)60(83)44(17)68-55(78)42(15)67-56(79)47(31-35(3)4)71(20)63(86)50(38(9)10)70-57(80)52(41(14)34-93(26,90)91)75(24)59(82)43(16)66-19/h27,29,35-44,46-54,66H,28,30-34H2,1-26H3,(H,67,79)(H,68,78)(H,69,81)(H,70,80)(H,88,89)/b29-27+/t40-,41-,42+,43-,44-,46+,47+,48+,49+,50+,51+,52+,53+,54-/m1/s1. The SMILES string of the molecule is C/C=C/C[C@@H](C)[C@@H](OC(C)=O)[C@@H](C(=O)N[C@@H](CC)C(=O)O)N(C)C(=O)[C@H](C(C)C)N(C)C(=O)[C@H](CC(C)C)N(C)C(=O)[C@H](CC(C)C)N(C)C(=O)[C@@H](C)NC(=O)[C@H](C)NC(=O)[C@H](CC(C)C)N(C)C(=O)[C@@H](NC(=O)[C@H]([C@H](C)CS(C)(=O)=O)N(C)C(=O)[C@@H](C)NC)C(C)C. The number of nitrogens with zero attached hydrogens (tertiary/aromatic N) is 6. The first-order valence-corrected chi connectivity index (χ1v) is 34.4. The zero-order valence-electron chi connectivity index (χ0n) is 60.5. The molecule has 0 heterocycles. The van der Waals surface area contributed by atoms with E-state index in [-0.39, 0.29) is 43.4 Å². The maximum atomic E-state index is 15.1. The molecule has 0 aliphatic rings. The van der Waals surface area contributed by atoms with Crippen molar-refractivity contribution in [1.29, 1.82) is 0 Å². The van der Waals surface area contributed by atoms with E-state index < -0.39 is 183 Å². The Bertz CT molecular complexity index is 2710. The molecule has 0 saturated carbocycles. The molecule has 93 heavy (non-hydrogen) atoms. The number of carbonyl (C=O) groups is 12. The first kappa shape index (κ1) is 86.3. The van der Waals surface area contributed by atoms with Crippen molar-refractivity contribution in [1.82, 2.24) is 56.0 Å². The lowest BCUT2D eigenvalue weighted by Gasteiger charge is -2.42. The molecule has 0 aromatic carbocycles. The predicted molar refractivity (Wildman–Crippen MR) is 356 cm³/mol. The second kappa shape index (κ2) is 39.2. The molecule has 0 rings (SSSR count). The summed E-state index contributed by atoms with van der Waals surface area (Å²) >= 11 is 0. The highest BCUT2D eigenvalue weighted by atomic mass is 32.2. The summed E-state index contributed by atoms with van der Waals surface area (Å²) in [6.07, 6.45) is 3.92. The first-order chi connectivity index (χ1) is 42.7. The summed E-state index contributed by atoms with van der Waals surface area (Å²) in [7, 11) is 6.23. The van der Waals surface area contributed by atoms with Gasteiger partial charge < -0.3 is 65.8 Å². The fourth-order valence-electron chi connectivity index (χ4n) is 11.3. The zero-order valence-corrected chi connectivity index (χ0v) is 61.3. The van der Waals surface area contributed by atoms with Crippen LogP contribution in [0.1, 0.15) is 157 Å². The summed E-state index contributed by atoms with van der Waals surface area (Å²) in [6, 6.07) is -13.7. The molecule has 14 atom stereocenters. The minimum atomic E-state index is -3.63. The van der Waals surface area contributed by atoms with Crippen molar-refractivity contribution in [3.8, 4) is 0 Å². The van der Waals surface area contributed by atoms with Crippen molar-refractivity contribution in [2.75, 3.05) is 61.3 Å². The van der Waals surface area contributed by atoms with Gasteiger partial charge in [-0.2, -0.15) is 0 Å². The molecule has 534 valence electrons. The van der Waals surface area contributed by atoms with Crippen molar-refractivity contribution in [2.45, 2.75) is 229 Å². The number of aliphatic carboxylic acids is 1. The third kappa shape index (κ3) is 26.2. The van der Waals surface area contributed by atoms with E-state index in [1.54, 1.807) is 74.6 Å². The summed E-state index contributed by atoms with van der Waals surface area (Å²) in [5.41, 5.74) is 0. The second-order valence-corrected chi connectivity index (χ2v) is 29.3. The van der Waals surface area contributed by atoms with Crippen LogP contribution in [0.5, 0.6) is 0 Å². The Labute approximate surface area is 554 Å². The highest BCUT2D eigenvalue weighted by Crippen LogP contribution is 2.27. The van der Waals surface area contributed by atoms with Gasteiger partial charge in [0.05, 0.1) is 11.8 Å². The van der Waals surface area contributed by atoms with Crippen LogP contribution < -0.4 is 26.6 Å². The van der Waals surface area contributed by atoms with E-state index in [9.17, 15) is 56.7 Å². The minimum absolute atomic E-state index is 0.00567. The third-order valence-electron chi connectivity index (χ3n) is 16.7. The number of likely N-dealkylation sites (N-methyl/N-ethyl adjacent to an activating group) is 7. The van der Waals surface area contributed by atoms with E-state index in [4.69, 9.17) is 4.74 Å². The molecule has 0 bridgehead atoms. The molecule has 28 heteroatoms. The summed E-state index contributed by atoms with van der Waals surface area (Å²) in [4.78, 5) is 176. The van der Waals surface area contributed by atoms with E-state index >= 15 is 14.4 Å². The average molecular weight is 1340 g/mol. The van der Waals surface area contributed by atoms with Gasteiger partial charge in [-0.15, -0.1) is 0 Å². The molecule has 0 saturated heterocycles. The molecule has 27 nitrogen and oxygen atoms in total. The number of sulfone groups is 1. The van der Waals surface area contributed by atoms with Crippen LogP contribution in [0.4, 0.5) is 0 Å². The maximum Gasteiger partial charge on any atom is 0.326 e. The smallest absolute Gasteiger partial charge is 0.326 e. The van der Waals surface area contributed by atoms with E-state index in [0.29, 0.717) is 6.42 Å². The van der Waals surface area contributed by atoms with Gasteiger partial charge >= 0.3 is 11.9 Å². The maximum absolute atomic E-state index is 15.1. The van der Waals surface area contributed by atoms with Gasteiger partial charge in [-0.3, -0.25) is 52.7 Å². The normalized spacial score (nSPS) is 16.4. The lowest BCUT2D eigenvalue weighted by Crippen LogP contribution is -2.63. The quantitative estimate of drug-likeness (QED) is 0.0381. The number of rotatable bonds is 39. The second-order valence-electron chi connectivity index (χ2n) is 27.1. The number of hydrogen-bond donors (Lipinski definition) is 6. The molecule has 10 amide bonds. The molecule has 0 spiro atoms. The van der Waals surface area contributed by atoms with Gasteiger partial charge in [0, 0.05) is 55.5 Å². The van der Waals surface area contributed by atoms with E-state index in [1.807, 2.05) is 41.5 Å². The number of hydrogen-bond acceptors (Lipinski definition) is 16. The van der Waals surface area contributed by atoms with Crippen molar-refractivity contribution < 1.29 is 75.8 Å². The number of allylic oxidation sites excluding steroid dienone is 2. The van der Waals surface area contributed by atoms with Crippen molar-refractivity contribution in [3.05, 3.63) is 12.2 Å². The fraction of sp³-hybridized carbons (Fsp3) is 0.785. The summed E-state index contributed by atoms with van der Waals surface area (Å²) < 4.78 is 30.6. The monoisotopic (exact) mass is 1340 g/mol. The number of carboxylic acid groups (broad SMARTS) is 1. The minimum Gasteiger partial charge on any atom is -0.480 e. The van der Waals surface area contributed by atoms with E-state index in [0.717, 1.165) is 23.0 Å². The van der Waals surface area contributed by atoms with Crippen LogP contribution in [0.25, 0.3) is 0 Å². The van der Waals surface area contributed by atoms with Crippen molar-refractivity contribution in [3.63, 3.8) is 0 Å². The summed E-state index contributed by atoms with van der Waals surface area (Å²) in [5.74, 6) is -12.9. The Morgan fingerprint density at radius 1 is 0.484 bits per heavy atom. The lowest BCUT2D eigenvalue weighted by atomic mass is 9.91. The number of ether oxygens (including phenoxy) is 1. The molecule has 0 radical (unpaired) electrons. The molecular weight excluding hydrogens is 1220 g/mol. The average Bonchev–Trinajstić information content (AvgIpc) is 0.828. The first-order valence-electron chi connectivity index (χ1n) is 32.4. The Kier molecular flexibility index (Phi) is 36.4. The molecule has 0 aliphatic carbocycles. The van der Waals surface area contributed by atoms with Gasteiger partial charge in [0.1, 0.15) is 76.4 Å². The number of amides is 10. The van der Waals surface area contributed by atoms with E-state index in [2.05, 4.69) is 26.6 Å². The topological polar surface area (TPSA) is 348 Å². The van der Waals surface area contributed by atoms with Crippen LogP contribution in [0, 0.1) is 41.4 Å². The molecule has 6 N–H and O–H groups in total. The Hall–Kier alpha value is -6.71. The van der Waals surface area contributed by atoms with Gasteiger partial charge in [-0.1, -0.05) is 102 Å². The van der Waals surface area contributed by atoms with E-state index in [1.165, 1.54) is 82.7 Å². The van der Waals surface area contributed by atoms with Crippen LogP contribution >= 0.6 is 0 Å². The van der Waals surface area contributed by atoms with Gasteiger partial charge in [-0.05, 0) is 108 Å². The lowest BCUT2D eigenvalue weighted by molar-refractivity contribution is -0.164. The van der Waals surface area contributed by atoms with Gasteiger partial charge in [0.2, 0.25) is 59.1 Å². The number of nitrogens with one attached hydrogen (secondary N) is 5. The molecular formula is C65H117N11O16S. The fourth-order valence-corrected chi connectivity index (χ4v) is 12.4. The van der Waals surface area contributed by atoms with Crippen molar-refractivity contribution >= 4 is 80.8 Å². The van der Waals surface area contributed by atoms with Gasteiger partial charge in [0.15, 0.2) is 0 Å². The van der Waals surface area contributed by atoms with Crippen molar-refractivity contribution in [2.24, 2.45) is 41.4 Å². The van der Waals surface area contributed by atoms with Crippen LogP contribution in [-0.4, -0.2) is 248 Å². The molecule has 0 aromatic heterocycles. The largest absolute Gasteiger partial charge is 0.480 e. The number of carboxylic acids is 1. The number of esters is 1. The number of carbonyl (C=O) groups excluding carboxylic acids is 11. The van der Waals surface area contributed by atoms with Crippen LogP contribution in [0.3, 0.4) is 0 Å². The van der Waals surface area contributed by atoms with Crippen LogP contribution in [-0.2, 0) is 72.1 Å². The highest BCUT2D eigenvalue weighted by Gasteiger charge is 2.47. The Morgan fingerprint density at radius 3 is 1.32 bits per heavy atom. The van der Waals surface area contributed by atoms with Gasteiger partial charge in [-0.25, -0.2) is 13.2 Å². The zero-order chi connectivity index (χ0) is 72.8. The molecule has 0 unspecified atom stereocenters. The van der Waals surface area contributed by atoms with Crippen LogP contribution in [0.2, 0.25) is 0 Å². The molecule has 0 aromatic rings. The van der Waals surface area contributed by atoms with Crippen LogP contribution in [0.15, 0.2) is 12.2 Å². The molecule has 0 aliphatic heterocycles. The predicted octanol–water partition coefficient (Wildman–Crippen LogP) is 2.69. The molecule has 0 fully saturated rings. The summed E-state index contributed by atoms with van der Waals surface area (Å²) in [5, 5.41) is 23.2. The third-order valence-corrected chi connectivity index (χ3v) is 17.8.